The van der Waals surface area contributed by atoms with Crippen molar-refractivity contribution in [3.63, 3.8) is 0 Å². The van der Waals surface area contributed by atoms with Crippen molar-refractivity contribution in [2.75, 3.05) is 26.0 Å². The van der Waals surface area contributed by atoms with E-state index in [4.69, 9.17) is 10.5 Å². The molecule has 1 aromatic carbocycles. The second kappa shape index (κ2) is 5.69. The Balaban J connectivity index is 2.44. The van der Waals surface area contributed by atoms with Crippen LogP contribution < -0.4 is 5.73 Å². The predicted molar refractivity (Wildman–Crippen MR) is 80.4 cm³/mol. The lowest BCUT2D eigenvalue weighted by molar-refractivity contribution is 0.181. The third-order valence-electron chi connectivity index (χ3n) is 3.08. The van der Waals surface area contributed by atoms with Crippen molar-refractivity contribution in [1.29, 1.82) is 0 Å². The van der Waals surface area contributed by atoms with Gasteiger partial charge in [0.15, 0.2) is 0 Å². The standard InChI is InChI=1S/C11H14Br2N2O3S/c1-15(8-2-3-18-6-8)19(16,17)11-9(12)4-7(14)5-10(11)13/h4-5,8H,2-3,6,14H2,1H3. The molecule has 1 saturated heterocycles. The average Bonchev–Trinajstić information content (AvgIpc) is 2.78. The minimum atomic E-state index is -3.60. The van der Waals surface area contributed by atoms with Gasteiger partial charge in [0.25, 0.3) is 0 Å². The predicted octanol–water partition coefficient (Wildman–Crippen LogP) is 2.20. The van der Waals surface area contributed by atoms with E-state index in [0.29, 0.717) is 34.3 Å². The number of ether oxygens (including phenoxy) is 1. The van der Waals surface area contributed by atoms with Crippen LogP contribution in [0.4, 0.5) is 5.69 Å². The largest absolute Gasteiger partial charge is 0.399 e. The van der Waals surface area contributed by atoms with Crippen LogP contribution in [0.5, 0.6) is 0 Å². The molecule has 1 aliphatic rings. The van der Waals surface area contributed by atoms with Gasteiger partial charge in [0.2, 0.25) is 10.0 Å². The Hall–Kier alpha value is -0.150. The molecule has 106 valence electrons. The van der Waals surface area contributed by atoms with Gasteiger partial charge in [-0.2, -0.15) is 4.31 Å². The van der Waals surface area contributed by atoms with E-state index in [1.807, 2.05) is 0 Å². The molecular formula is C11H14Br2N2O3S. The van der Waals surface area contributed by atoms with Crippen LogP contribution in [0.3, 0.4) is 0 Å². The number of anilines is 1. The molecule has 1 fully saturated rings. The van der Waals surface area contributed by atoms with E-state index in [0.717, 1.165) is 0 Å². The fourth-order valence-corrected chi connectivity index (χ4v) is 5.88. The average molecular weight is 414 g/mol. The number of hydrogen-bond donors (Lipinski definition) is 1. The Morgan fingerprint density at radius 3 is 2.42 bits per heavy atom. The monoisotopic (exact) mass is 412 g/mol. The molecule has 0 amide bonds. The number of nitrogens with two attached hydrogens (primary N) is 1. The third kappa shape index (κ3) is 2.97. The molecule has 0 bridgehead atoms. The van der Waals surface area contributed by atoms with Crippen molar-refractivity contribution in [2.45, 2.75) is 17.4 Å². The van der Waals surface area contributed by atoms with Gasteiger partial charge >= 0.3 is 0 Å². The summed E-state index contributed by atoms with van der Waals surface area (Å²) in [4.78, 5) is 0.191. The summed E-state index contributed by atoms with van der Waals surface area (Å²) in [5.41, 5.74) is 6.17. The Kier molecular flexibility index (Phi) is 4.56. The van der Waals surface area contributed by atoms with Gasteiger partial charge in [-0.25, -0.2) is 8.42 Å². The highest BCUT2D eigenvalue weighted by atomic mass is 79.9. The summed E-state index contributed by atoms with van der Waals surface area (Å²) in [5, 5.41) is 0. The maximum atomic E-state index is 12.6. The third-order valence-corrected chi connectivity index (χ3v) is 6.87. The topological polar surface area (TPSA) is 72.6 Å². The van der Waals surface area contributed by atoms with Gasteiger partial charge in [0.05, 0.1) is 12.6 Å². The zero-order valence-electron chi connectivity index (χ0n) is 10.3. The molecule has 1 heterocycles. The summed E-state index contributed by atoms with van der Waals surface area (Å²) in [6.45, 7) is 1.02. The van der Waals surface area contributed by atoms with Crippen LogP contribution in [-0.4, -0.2) is 39.0 Å². The zero-order chi connectivity index (χ0) is 14.2. The smallest absolute Gasteiger partial charge is 0.245 e. The van der Waals surface area contributed by atoms with Crippen LogP contribution in [0.25, 0.3) is 0 Å². The Bertz CT molecular complexity index is 563. The Morgan fingerprint density at radius 2 is 1.95 bits per heavy atom. The van der Waals surface area contributed by atoms with E-state index in [1.165, 1.54) is 4.31 Å². The van der Waals surface area contributed by atoms with Crippen LogP contribution in [0, 0.1) is 0 Å². The second-order valence-electron chi connectivity index (χ2n) is 4.35. The van der Waals surface area contributed by atoms with E-state index in [2.05, 4.69) is 31.9 Å². The SMILES string of the molecule is CN(C1CCOC1)S(=O)(=O)c1c(Br)cc(N)cc1Br. The zero-order valence-corrected chi connectivity index (χ0v) is 14.3. The highest BCUT2D eigenvalue weighted by Gasteiger charge is 2.33. The number of rotatable bonds is 3. The van der Waals surface area contributed by atoms with E-state index in [1.54, 1.807) is 19.2 Å². The van der Waals surface area contributed by atoms with Gasteiger partial charge in [-0.05, 0) is 50.4 Å². The molecule has 8 heteroatoms. The molecule has 1 aromatic rings. The van der Waals surface area contributed by atoms with Crippen molar-refractivity contribution >= 4 is 47.6 Å². The number of halogens is 2. The molecule has 0 aromatic heterocycles. The van der Waals surface area contributed by atoms with E-state index < -0.39 is 10.0 Å². The number of benzene rings is 1. The highest BCUT2D eigenvalue weighted by Crippen LogP contribution is 2.35. The molecule has 1 aliphatic heterocycles. The van der Waals surface area contributed by atoms with Gasteiger partial charge in [-0.1, -0.05) is 0 Å². The summed E-state index contributed by atoms with van der Waals surface area (Å²) in [7, 11) is -2.02. The quantitative estimate of drug-likeness (QED) is 0.771. The first kappa shape index (κ1) is 15.2. The lowest BCUT2D eigenvalue weighted by atomic mass is 10.3. The number of nitrogen functional groups attached to an aromatic ring is 1. The molecule has 0 radical (unpaired) electrons. The normalized spacial score (nSPS) is 20.1. The van der Waals surface area contributed by atoms with Gasteiger partial charge in [0, 0.05) is 28.3 Å². The van der Waals surface area contributed by atoms with Crippen LogP contribution in [0.1, 0.15) is 6.42 Å². The van der Waals surface area contributed by atoms with Crippen LogP contribution in [0.2, 0.25) is 0 Å². The number of hydrogen-bond acceptors (Lipinski definition) is 4. The molecule has 19 heavy (non-hydrogen) atoms. The molecule has 5 nitrogen and oxygen atoms in total. The second-order valence-corrected chi connectivity index (χ2v) is 8.00. The fraction of sp³-hybridized carbons (Fsp3) is 0.455. The van der Waals surface area contributed by atoms with Crippen LogP contribution in [-0.2, 0) is 14.8 Å². The van der Waals surface area contributed by atoms with Gasteiger partial charge in [0.1, 0.15) is 4.90 Å². The van der Waals surface area contributed by atoms with Crippen molar-refractivity contribution in [2.24, 2.45) is 0 Å². The molecule has 2 rings (SSSR count). The van der Waals surface area contributed by atoms with Gasteiger partial charge < -0.3 is 10.5 Å². The maximum absolute atomic E-state index is 12.6. The Labute approximate surface area is 129 Å². The van der Waals surface area contributed by atoms with Crippen molar-refractivity contribution in [3.8, 4) is 0 Å². The molecule has 2 N–H and O–H groups in total. The molecule has 0 aliphatic carbocycles. The van der Waals surface area contributed by atoms with E-state index in [9.17, 15) is 8.42 Å². The summed E-state index contributed by atoms with van der Waals surface area (Å²) >= 11 is 6.53. The van der Waals surface area contributed by atoms with Gasteiger partial charge in [-0.3, -0.25) is 0 Å². The fourth-order valence-electron chi connectivity index (χ4n) is 1.98. The number of likely N-dealkylation sites (N-methyl/N-ethyl adjacent to an activating group) is 1. The maximum Gasteiger partial charge on any atom is 0.245 e. The summed E-state index contributed by atoms with van der Waals surface area (Å²) in [5.74, 6) is 0. The minimum Gasteiger partial charge on any atom is -0.399 e. The van der Waals surface area contributed by atoms with Crippen LogP contribution in [0.15, 0.2) is 26.0 Å². The molecular weight excluding hydrogens is 400 g/mol. The van der Waals surface area contributed by atoms with Crippen molar-refractivity contribution in [3.05, 3.63) is 21.1 Å². The van der Waals surface area contributed by atoms with E-state index in [-0.39, 0.29) is 10.9 Å². The first-order valence-corrected chi connectivity index (χ1v) is 8.67. The molecule has 0 spiro atoms. The molecule has 1 atom stereocenters. The number of sulfonamides is 1. The summed E-state index contributed by atoms with van der Waals surface area (Å²) < 4.78 is 32.8. The Morgan fingerprint density at radius 1 is 1.37 bits per heavy atom. The first-order valence-electron chi connectivity index (χ1n) is 5.64. The van der Waals surface area contributed by atoms with Crippen molar-refractivity contribution < 1.29 is 13.2 Å². The van der Waals surface area contributed by atoms with Crippen LogP contribution >= 0.6 is 31.9 Å². The lowest BCUT2D eigenvalue weighted by Gasteiger charge is -2.24. The lowest BCUT2D eigenvalue weighted by Crippen LogP contribution is -2.37. The van der Waals surface area contributed by atoms with Gasteiger partial charge in [-0.15, -0.1) is 0 Å². The minimum absolute atomic E-state index is 0.124. The summed E-state index contributed by atoms with van der Waals surface area (Å²) in [6, 6.07) is 3.04. The summed E-state index contributed by atoms with van der Waals surface area (Å²) in [6.07, 6.45) is 0.708. The van der Waals surface area contributed by atoms with E-state index >= 15 is 0 Å². The highest BCUT2D eigenvalue weighted by molar-refractivity contribution is 9.11. The molecule has 1 unspecified atom stereocenters. The first-order chi connectivity index (χ1) is 8.84. The molecule has 0 saturated carbocycles. The number of nitrogens with zero attached hydrogens (tertiary/aromatic N) is 1. The van der Waals surface area contributed by atoms with Crippen molar-refractivity contribution in [1.82, 2.24) is 4.31 Å².